The van der Waals surface area contributed by atoms with Crippen LogP contribution in [-0.4, -0.2) is 8.96 Å². The first kappa shape index (κ1) is 16.0. The Kier molecular flexibility index (Phi) is 5.38. The summed E-state index contributed by atoms with van der Waals surface area (Å²) in [6, 6.07) is 3.36. The van der Waals surface area contributed by atoms with Crippen molar-refractivity contribution in [2.24, 2.45) is 5.14 Å². The van der Waals surface area contributed by atoms with Gasteiger partial charge in [-0.1, -0.05) is 6.08 Å². The molecule has 0 spiro atoms. The predicted molar refractivity (Wildman–Crippen MR) is 74.9 cm³/mol. The van der Waals surface area contributed by atoms with Crippen molar-refractivity contribution >= 4 is 11.0 Å². The fourth-order valence-electron chi connectivity index (χ4n) is 2.02. The minimum atomic E-state index is -1.54. The average Bonchev–Trinajstić information content (AvgIpc) is 2.31. The van der Waals surface area contributed by atoms with E-state index in [4.69, 9.17) is 5.14 Å². The van der Waals surface area contributed by atoms with Gasteiger partial charge in [0.25, 0.3) is 0 Å². The zero-order chi connectivity index (χ0) is 14.6. The summed E-state index contributed by atoms with van der Waals surface area (Å²) in [5.74, 6) is -1.25. The van der Waals surface area contributed by atoms with Crippen molar-refractivity contribution in [2.75, 3.05) is 0 Å². The molecule has 0 aliphatic heterocycles. The van der Waals surface area contributed by atoms with Gasteiger partial charge in [0.2, 0.25) is 0 Å². The highest BCUT2D eigenvalue weighted by atomic mass is 32.2. The maximum Gasteiger partial charge on any atom is 0.126 e. The van der Waals surface area contributed by atoms with Crippen molar-refractivity contribution in [3.8, 4) is 0 Å². The van der Waals surface area contributed by atoms with E-state index in [2.05, 4.69) is 6.58 Å². The number of halogens is 2. The van der Waals surface area contributed by atoms with Gasteiger partial charge in [-0.15, -0.1) is 6.58 Å². The quantitative estimate of drug-likeness (QED) is 0.800. The normalized spacial score (nSPS) is 15.0. The number of nitrogens with two attached hydrogens (primary N) is 1. The van der Waals surface area contributed by atoms with Gasteiger partial charge in [0.05, 0.1) is 15.7 Å². The molecule has 0 radical (unpaired) electrons. The Bertz CT molecular complexity index is 488. The molecular formula is C14H19F2NOS. The number of rotatable bonds is 6. The molecule has 0 saturated carbocycles. The topological polar surface area (TPSA) is 43.1 Å². The first-order chi connectivity index (χ1) is 8.77. The summed E-state index contributed by atoms with van der Waals surface area (Å²) < 4.78 is 37.9. The van der Waals surface area contributed by atoms with Crippen LogP contribution in [0.5, 0.6) is 0 Å². The Balaban J connectivity index is 3.10. The van der Waals surface area contributed by atoms with E-state index < -0.39 is 27.4 Å². The van der Waals surface area contributed by atoms with Gasteiger partial charge in [-0.2, -0.15) is 0 Å². The highest BCUT2D eigenvalue weighted by molar-refractivity contribution is 7.84. The molecule has 5 heteroatoms. The molecule has 1 unspecified atom stereocenters. The van der Waals surface area contributed by atoms with Gasteiger partial charge < -0.3 is 0 Å². The second-order valence-corrected chi connectivity index (χ2v) is 6.85. The summed E-state index contributed by atoms with van der Waals surface area (Å²) in [5.41, 5.74) is 0.276. The van der Waals surface area contributed by atoms with E-state index in [1.807, 2.05) is 0 Å². The van der Waals surface area contributed by atoms with Gasteiger partial charge in [-0.3, -0.25) is 5.14 Å². The number of hydrogen-bond acceptors (Lipinski definition) is 1. The SMILES string of the molecule is C=CC[C@H](CC(C)(C)S(N)=O)c1cc(F)ccc1F. The van der Waals surface area contributed by atoms with Gasteiger partial charge in [-0.25, -0.2) is 13.0 Å². The molecule has 19 heavy (non-hydrogen) atoms. The number of hydrogen-bond donors (Lipinski definition) is 1. The molecule has 0 aromatic heterocycles. The highest BCUT2D eigenvalue weighted by Gasteiger charge is 2.29. The van der Waals surface area contributed by atoms with Crippen LogP contribution in [0.3, 0.4) is 0 Å². The molecule has 2 nitrogen and oxygen atoms in total. The van der Waals surface area contributed by atoms with E-state index in [9.17, 15) is 13.0 Å². The lowest BCUT2D eigenvalue weighted by molar-refractivity contribution is 0.492. The molecule has 0 bridgehead atoms. The van der Waals surface area contributed by atoms with Crippen LogP contribution in [0.2, 0.25) is 0 Å². The summed E-state index contributed by atoms with van der Waals surface area (Å²) >= 11 is 0. The lowest BCUT2D eigenvalue weighted by atomic mass is 9.87. The summed E-state index contributed by atoms with van der Waals surface area (Å²) in [4.78, 5) is 0. The molecule has 106 valence electrons. The van der Waals surface area contributed by atoms with Crippen molar-refractivity contribution < 1.29 is 13.0 Å². The summed E-state index contributed by atoms with van der Waals surface area (Å²) in [6.07, 6.45) is 2.51. The van der Waals surface area contributed by atoms with Crippen LogP contribution >= 0.6 is 0 Å². The molecule has 0 fully saturated rings. The van der Waals surface area contributed by atoms with E-state index in [1.165, 1.54) is 6.07 Å². The molecule has 0 aliphatic carbocycles. The Labute approximate surface area is 115 Å². The lowest BCUT2D eigenvalue weighted by Crippen LogP contribution is -2.33. The van der Waals surface area contributed by atoms with Crippen LogP contribution in [0.4, 0.5) is 8.78 Å². The molecule has 1 rings (SSSR count). The first-order valence-electron chi connectivity index (χ1n) is 6.00. The third kappa shape index (κ3) is 4.21. The van der Waals surface area contributed by atoms with Crippen molar-refractivity contribution in [3.63, 3.8) is 0 Å². The van der Waals surface area contributed by atoms with Gasteiger partial charge in [-0.05, 0) is 56.4 Å². The highest BCUT2D eigenvalue weighted by Crippen LogP contribution is 2.33. The van der Waals surface area contributed by atoms with Crippen molar-refractivity contribution in [1.29, 1.82) is 0 Å². The maximum absolute atomic E-state index is 13.8. The van der Waals surface area contributed by atoms with Crippen molar-refractivity contribution in [1.82, 2.24) is 0 Å². The van der Waals surface area contributed by atoms with Gasteiger partial charge in [0.1, 0.15) is 11.6 Å². The third-order valence-corrected chi connectivity index (χ3v) is 4.39. The van der Waals surface area contributed by atoms with Crippen LogP contribution in [0.1, 0.15) is 38.2 Å². The molecule has 2 N–H and O–H groups in total. The van der Waals surface area contributed by atoms with Crippen LogP contribution in [0.25, 0.3) is 0 Å². The summed E-state index contributed by atoms with van der Waals surface area (Å²) in [6.45, 7) is 7.12. The Hall–Kier alpha value is -1.07. The number of allylic oxidation sites excluding steroid dienone is 1. The second-order valence-electron chi connectivity index (χ2n) is 5.15. The van der Waals surface area contributed by atoms with Gasteiger partial charge >= 0.3 is 0 Å². The van der Waals surface area contributed by atoms with E-state index in [0.29, 0.717) is 12.8 Å². The Morgan fingerprint density at radius 3 is 2.63 bits per heavy atom. The predicted octanol–water partition coefficient (Wildman–Crippen LogP) is 3.42. The van der Waals surface area contributed by atoms with E-state index in [0.717, 1.165) is 12.1 Å². The standard InChI is InChI=1S/C14H19F2NOS/c1-4-5-10(9-14(2,3)19(17)18)12-8-11(15)6-7-13(12)16/h4,6-8,10H,1,5,9,17H2,2-3H3/t10-,19?/m1/s1. The molecule has 0 saturated heterocycles. The second kappa shape index (κ2) is 6.39. The van der Waals surface area contributed by atoms with E-state index in [1.54, 1.807) is 19.9 Å². The summed E-state index contributed by atoms with van der Waals surface area (Å²) in [7, 11) is -1.54. The van der Waals surface area contributed by atoms with Gasteiger partial charge in [0.15, 0.2) is 0 Å². The van der Waals surface area contributed by atoms with E-state index in [-0.39, 0.29) is 11.5 Å². The Morgan fingerprint density at radius 1 is 1.47 bits per heavy atom. The van der Waals surface area contributed by atoms with Crippen molar-refractivity contribution in [2.45, 2.75) is 37.4 Å². The maximum atomic E-state index is 13.8. The fourth-order valence-corrected chi connectivity index (χ4v) is 2.39. The summed E-state index contributed by atoms with van der Waals surface area (Å²) in [5, 5.41) is 5.44. The molecule has 0 aliphatic rings. The zero-order valence-electron chi connectivity index (χ0n) is 11.2. The number of benzene rings is 1. The fraction of sp³-hybridized carbons (Fsp3) is 0.429. The lowest BCUT2D eigenvalue weighted by Gasteiger charge is -2.27. The first-order valence-corrected chi connectivity index (χ1v) is 7.21. The van der Waals surface area contributed by atoms with Crippen LogP contribution in [-0.2, 0) is 11.0 Å². The minimum absolute atomic E-state index is 0.276. The molecule has 1 aromatic rings. The molecule has 0 heterocycles. The monoisotopic (exact) mass is 287 g/mol. The van der Waals surface area contributed by atoms with Crippen LogP contribution < -0.4 is 5.14 Å². The third-order valence-electron chi connectivity index (χ3n) is 3.13. The minimum Gasteiger partial charge on any atom is -0.251 e. The smallest absolute Gasteiger partial charge is 0.126 e. The molecule has 0 amide bonds. The molecule has 2 atom stereocenters. The van der Waals surface area contributed by atoms with E-state index >= 15 is 0 Å². The van der Waals surface area contributed by atoms with Crippen LogP contribution in [0, 0.1) is 11.6 Å². The van der Waals surface area contributed by atoms with Crippen molar-refractivity contribution in [3.05, 3.63) is 48.1 Å². The zero-order valence-corrected chi connectivity index (χ0v) is 12.0. The van der Waals surface area contributed by atoms with Crippen LogP contribution in [0.15, 0.2) is 30.9 Å². The largest absolute Gasteiger partial charge is 0.251 e. The molecular weight excluding hydrogens is 268 g/mol. The average molecular weight is 287 g/mol. The van der Waals surface area contributed by atoms with Gasteiger partial charge in [0, 0.05) is 0 Å². The molecule has 1 aromatic carbocycles. The Morgan fingerprint density at radius 2 is 2.11 bits per heavy atom.